The molecule has 0 aliphatic carbocycles. The Labute approximate surface area is 114 Å². The van der Waals surface area contributed by atoms with Gasteiger partial charge in [0.1, 0.15) is 0 Å². The molecule has 2 aromatic carbocycles. The summed E-state index contributed by atoms with van der Waals surface area (Å²) in [5.74, 6) is 0. The SMILES string of the molecule is Cc1ccc(P(=O)(O)Cc2ccccc2)c(C)c1C. The Hall–Kier alpha value is -1.37. The molecule has 1 unspecified atom stereocenters. The Morgan fingerprint density at radius 3 is 2.21 bits per heavy atom. The molecule has 0 saturated carbocycles. The van der Waals surface area contributed by atoms with Crippen molar-refractivity contribution in [3.8, 4) is 0 Å². The third-order valence-corrected chi connectivity index (χ3v) is 5.68. The second-order valence-corrected chi connectivity index (χ2v) is 7.20. The van der Waals surface area contributed by atoms with Crippen molar-refractivity contribution in [3.63, 3.8) is 0 Å². The van der Waals surface area contributed by atoms with Crippen LogP contribution in [0.4, 0.5) is 0 Å². The summed E-state index contributed by atoms with van der Waals surface area (Å²) in [5, 5.41) is 0.583. The van der Waals surface area contributed by atoms with E-state index in [1.165, 1.54) is 0 Å². The van der Waals surface area contributed by atoms with Gasteiger partial charge in [-0.05, 0) is 49.1 Å². The lowest BCUT2D eigenvalue weighted by Crippen LogP contribution is -2.12. The van der Waals surface area contributed by atoms with Crippen molar-refractivity contribution < 1.29 is 9.46 Å². The van der Waals surface area contributed by atoms with E-state index in [9.17, 15) is 9.46 Å². The van der Waals surface area contributed by atoms with Crippen molar-refractivity contribution in [1.82, 2.24) is 0 Å². The number of benzene rings is 2. The molecular weight excluding hydrogens is 255 g/mol. The summed E-state index contributed by atoms with van der Waals surface area (Å²) >= 11 is 0. The topological polar surface area (TPSA) is 37.3 Å². The molecule has 2 aromatic rings. The molecule has 0 radical (unpaired) electrons. The summed E-state index contributed by atoms with van der Waals surface area (Å²) < 4.78 is 12.6. The van der Waals surface area contributed by atoms with Crippen LogP contribution in [-0.2, 0) is 10.7 Å². The molecule has 0 fully saturated rings. The van der Waals surface area contributed by atoms with E-state index in [2.05, 4.69) is 0 Å². The Bertz CT molecular complexity index is 633. The second-order valence-electron chi connectivity index (χ2n) is 5.00. The summed E-state index contributed by atoms with van der Waals surface area (Å²) in [6, 6.07) is 13.2. The van der Waals surface area contributed by atoms with Gasteiger partial charge in [-0.1, -0.05) is 36.4 Å². The summed E-state index contributed by atoms with van der Waals surface area (Å²) in [5.41, 5.74) is 4.08. The zero-order valence-electron chi connectivity index (χ0n) is 11.6. The highest BCUT2D eigenvalue weighted by atomic mass is 31.2. The maximum atomic E-state index is 12.6. The van der Waals surface area contributed by atoms with Crippen molar-refractivity contribution in [3.05, 3.63) is 64.7 Å². The van der Waals surface area contributed by atoms with Gasteiger partial charge in [0.05, 0.1) is 6.16 Å². The van der Waals surface area contributed by atoms with Crippen LogP contribution in [0.5, 0.6) is 0 Å². The normalized spacial score (nSPS) is 14.1. The lowest BCUT2D eigenvalue weighted by atomic mass is 10.1. The van der Waals surface area contributed by atoms with Crippen molar-refractivity contribution in [2.75, 3.05) is 0 Å². The molecule has 2 rings (SSSR count). The first-order valence-electron chi connectivity index (χ1n) is 6.35. The van der Waals surface area contributed by atoms with Crippen molar-refractivity contribution in [2.45, 2.75) is 26.9 Å². The van der Waals surface area contributed by atoms with Crippen molar-refractivity contribution in [1.29, 1.82) is 0 Å². The van der Waals surface area contributed by atoms with Crippen LogP contribution in [0.2, 0.25) is 0 Å². The molecule has 0 saturated heterocycles. The first-order valence-corrected chi connectivity index (χ1v) is 8.19. The summed E-state index contributed by atoms with van der Waals surface area (Å²) in [4.78, 5) is 10.4. The van der Waals surface area contributed by atoms with E-state index in [1.54, 1.807) is 6.07 Å². The van der Waals surface area contributed by atoms with Gasteiger partial charge in [0, 0.05) is 5.30 Å². The fraction of sp³-hybridized carbons (Fsp3) is 0.250. The minimum absolute atomic E-state index is 0.192. The van der Waals surface area contributed by atoms with Crippen LogP contribution in [-0.4, -0.2) is 4.89 Å². The van der Waals surface area contributed by atoms with Crippen LogP contribution >= 0.6 is 7.37 Å². The zero-order chi connectivity index (χ0) is 14.0. The maximum absolute atomic E-state index is 12.6. The van der Waals surface area contributed by atoms with Gasteiger partial charge in [0.15, 0.2) is 0 Å². The maximum Gasteiger partial charge on any atom is 0.234 e. The van der Waals surface area contributed by atoms with Crippen LogP contribution < -0.4 is 5.30 Å². The predicted molar refractivity (Wildman–Crippen MR) is 80.3 cm³/mol. The number of rotatable bonds is 3. The fourth-order valence-electron chi connectivity index (χ4n) is 2.24. The standard InChI is InChI=1S/C16H19O2P/c1-12-9-10-16(14(3)13(12)2)19(17,18)11-15-7-5-4-6-8-15/h4-10H,11H2,1-3H3,(H,17,18). The van der Waals surface area contributed by atoms with Gasteiger partial charge in [0.25, 0.3) is 0 Å². The van der Waals surface area contributed by atoms with Crippen LogP contribution in [0, 0.1) is 20.8 Å². The quantitative estimate of drug-likeness (QED) is 0.866. The minimum atomic E-state index is -3.35. The predicted octanol–water partition coefficient (Wildman–Crippen LogP) is 3.71. The molecule has 1 N–H and O–H groups in total. The molecule has 2 nitrogen and oxygen atoms in total. The molecular formula is C16H19O2P. The molecule has 100 valence electrons. The smallest absolute Gasteiger partial charge is 0.234 e. The van der Waals surface area contributed by atoms with Gasteiger partial charge in [-0.2, -0.15) is 0 Å². The monoisotopic (exact) mass is 274 g/mol. The van der Waals surface area contributed by atoms with E-state index in [-0.39, 0.29) is 6.16 Å². The third kappa shape index (κ3) is 2.97. The summed E-state index contributed by atoms with van der Waals surface area (Å²) in [7, 11) is -3.35. The molecule has 0 heterocycles. The second kappa shape index (κ2) is 5.32. The lowest BCUT2D eigenvalue weighted by molar-refractivity contribution is 0.488. The number of aryl methyl sites for hydroxylation is 1. The van der Waals surface area contributed by atoms with Gasteiger partial charge in [-0.15, -0.1) is 0 Å². The Kier molecular flexibility index (Phi) is 3.93. The molecule has 0 aliphatic rings. The Morgan fingerprint density at radius 1 is 0.947 bits per heavy atom. The van der Waals surface area contributed by atoms with Crippen molar-refractivity contribution >= 4 is 12.7 Å². The first kappa shape index (κ1) is 14.0. The fourth-order valence-corrected chi connectivity index (χ4v) is 4.11. The van der Waals surface area contributed by atoms with E-state index in [4.69, 9.17) is 0 Å². The average molecular weight is 274 g/mol. The molecule has 0 amide bonds. The van der Waals surface area contributed by atoms with Gasteiger partial charge < -0.3 is 4.89 Å². The van der Waals surface area contributed by atoms with E-state index in [0.717, 1.165) is 22.3 Å². The van der Waals surface area contributed by atoms with Crippen molar-refractivity contribution in [2.24, 2.45) is 0 Å². The largest absolute Gasteiger partial charge is 0.341 e. The molecule has 0 aromatic heterocycles. The molecule has 0 bridgehead atoms. The minimum Gasteiger partial charge on any atom is -0.341 e. The van der Waals surface area contributed by atoms with E-state index in [0.29, 0.717) is 5.30 Å². The van der Waals surface area contributed by atoms with Gasteiger partial charge >= 0.3 is 0 Å². The number of hydrogen-bond donors (Lipinski definition) is 1. The zero-order valence-corrected chi connectivity index (χ0v) is 12.4. The lowest BCUT2D eigenvalue weighted by Gasteiger charge is -2.17. The van der Waals surface area contributed by atoms with Gasteiger partial charge in [-0.3, -0.25) is 4.57 Å². The highest BCUT2D eigenvalue weighted by molar-refractivity contribution is 7.65. The van der Waals surface area contributed by atoms with Crippen LogP contribution in [0.15, 0.2) is 42.5 Å². The molecule has 0 aliphatic heterocycles. The third-order valence-electron chi connectivity index (χ3n) is 3.65. The Balaban J connectivity index is 2.40. The van der Waals surface area contributed by atoms with E-state index >= 15 is 0 Å². The molecule has 3 heteroatoms. The first-order chi connectivity index (χ1) is 8.92. The van der Waals surface area contributed by atoms with Gasteiger partial charge in [-0.25, -0.2) is 0 Å². The highest BCUT2D eigenvalue weighted by Gasteiger charge is 2.24. The van der Waals surface area contributed by atoms with Gasteiger partial charge in [0.2, 0.25) is 7.37 Å². The van der Waals surface area contributed by atoms with E-state index < -0.39 is 7.37 Å². The summed E-state index contributed by atoms with van der Waals surface area (Å²) in [6.07, 6.45) is 0.192. The summed E-state index contributed by atoms with van der Waals surface area (Å²) in [6.45, 7) is 5.94. The molecule has 1 atom stereocenters. The van der Waals surface area contributed by atoms with E-state index in [1.807, 2.05) is 57.2 Å². The molecule has 0 spiro atoms. The highest BCUT2D eigenvalue weighted by Crippen LogP contribution is 2.44. The van der Waals surface area contributed by atoms with Crippen LogP contribution in [0.3, 0.4) is 0 Å². The van der Waals surface area contributed by atoms with Crippen LogP contribution in [0.1, 0.15) is 22.3 Å². The number of hydrogen-bond acceptors (Lipinski definition) is 1. The average Bonchev–Trinajstić information content (AvgIpc) is 2.36. The van der Waals surface area contributed by atoms with Crippen LogP contribution in [0.25, 0.3) is 0 Å². The molecule has 19 heavy (non-hydrogen) atoms. The Morgan fingerprint density at radius 2 is 1.58 bits per heavy atom.